The van der Waals surface area contributed by atoms with Crippen LogP contribution in [-0.2, 0) is 9.31 Å². The third kappa shape index (κ3) is 5.11. The van der Waals surface area contributed by atoms with Crippen LogP contribution in [0.2, 0.25) is 0 Å². The second-order valence-electron chi connectivity index (χ2n) is 6.86. The fourth-order valence-corrected chi connectivity index (χ4v) is 2.34. The van der Waals surface area contributed by atoms with E-state index in [1.165, 1.54) is 0 Å². The summed E-state index contributed by atoms with van der Waals surface area (Å²) in [5.41, 5.74) is 5.84. The van der Waals surface area contributed by atoms with Crippen molar-refractivity contribution in [1.82, 2.24) is 0 Å². The zero-order valence-electron chi connectivity index (χ0n) is 14.6. The van der Waals surface area contributed by atoms with Crippen LogP contribution in [0.5, 0.6) is 5.75 Å². The van der Waals surface area contributed by atoms with Gasteiger partial charge in [0.2, 0.25) is 0 Å². The van der Waals surface area contributed by atoms with Gasteiger partial charge in [-0.05, 0) is 71.1 Å². The van der Waals surface area contributed by atoms with Crippen LogP contribution >= 0.6 is 12.4 Å². The molecule has 0 amide bonds. The first kappa shape index (κ1) is 20.3. The lowest BCUT2D eigenvalue weighted by Gasteiger charge is -2.32. The monoisotopic (exact) mass is 341 g/mol. The Morgan fingerprint density at radius 2 is 1.70 bits per heavy atom. The van der Waals surface area contributed by atoms with E-state index >= 15 is 0 Å². The van der Waals surface area contributed by atoms with Gasteiger partial charge in [-0.25, -0.2) is 0 Å². The van der Waals surface area contributed by atoms with Crippen LogP contribution in [0, 0.1) is 0 Å². The summed E-state index contributed by atoms with van der Waals surface area (Å²) in [4.78, 5) is 0. The highest BCUT2D eigenvalue weighted by atomic mass is 35.5. The molecule has 1 heterocycles. The zero-order chi connectivity index (χ0) is 16.2. The van der Waals surface area contributed by atoms with Crippen molar-refractivity contribution in [2.75, 3.05) is 13.2 Å². The van der Waals surface area contributed by atoms with Gasteiger partial charge in [0, 0.05) is 0 Å². The molecule has 0 atom stereocenters. The van der Waals surface area contributed by atoms with Crippen molar-refractivity contribution >= 4 is 25.0 Å². The van der Waals surface area contributed by atoms with Crippen LogP contribution in [0.3, 0.4) is 0 Å². The third-order valence-electron chi connectivity index (χ3n) is 4.50. The summed E-state index contributed by atoms with van der Waals surface area (Å²) < 4.78 is 17.9. The molecule has 6 heteroatoms. The number of rotatable bonds is 7. The molecule has 1 fully saturated rings. The van der Waals surface area contributed by atoms with Crippen LogP contribution in [0.4, 0.5) is 0 Å². The Labute approximate surface area is 146 Å². The lowest BCUT2D eigenvalue weighted by atomic mass is 9.79. The molecule has 1 aliphatic heterocycles. The number of benzene rings is 1. The first-order chi connectivity index (χ1) is 10.4. The smallest absolute Gasteiger partial charge is 0.494 e. The molecule has 0 bridgehead atoms. The Hall–Kier alpha value is -0.745. The second-order valence-corrected chi connectivity index (χ2v) is 6.86. The Kier molecular flexibility index (Phi) is 7.40. The first-order valence-corrected chi connectivity index (χ1v) is 8.14. The average molecular weight is 342 g/mol. The largest absolute Gasteiger partial charge is 0.494 e. The first-order valence-electron chi connectivity index (χ1n) is 8.14. The summed E-state index contributed by atoms with van der Waals surface area (Å²) in [6.07, 6.45) is 3.18. The van der Waals surface area contributed by atoms with Crippen molar-refractivity contribution in [3.05, 3.63) is 24.3 Å². The molecule has 130 valence electrons. The van der Waals surface area contributed by atoms with Crippen LogP contribution in [0.25, 0.3) is 0 Å². The summed E-state index contributed by atoms with van der Waals surface area (Å²) in [7, 11) is -0.342. The molecule has 0 spiro atoms. The molecular weight excluding hydrogens is 312 g/mol. The van der Waals surface area contributed by atoms with Gasteiger partial charge in [0.05, 0.1) is 17.8 Å². The Morgan fingerprint density at radius 3 is 2.30 bits per heavy atom. The van der Waals surface area contributed by atoms with E-state index in [1.807, 2.05) is 24.3 Å². The van der Waals surface area contributed by atoms with E-state index in [9.17, 15) is 0 Å². The van der Waals surface area contributed by atoms with Gasteiger partial charge in [-0.1, -0.05) is 12.1 Å². The minimum Gasteiger partial charge on any atom is -0.494 e. The molecule has 1 saturated heterocycles. The highest BCUT2D eigenvalue weighted by Gasteiger charge is 2.51. The van der Waals surface area contributed by atoms with E-state index in [2.05, 4.69) is 27.7 Å². The topological polar surface area (TPSA) is 53.7 Å². The molecule has 1 aromatic rings. The highest BCUT2D eigenvalue weighted by molar-refractivity contribution is 6.62. The maximum atomic E-state index is 6.07. The van der Waals surface area contributed by atoms with Crippen LogP contribution < -0.4 is 15.9 Å². The molecule has 23 heavy (non-hydrogen) atoms. The van der Waals surface area contributed by atoms with Crippen LogP contribution in [-0.4, -0.2) is 31.5 Å². The number of hydrogen-bond acceptors (Lipinski definition) is 4. The zero-order valence-corrected chi connectivity index (χ0v) is 15.4. The van der Waals surface area contributed by atoms with E-state index in [0.717, 1.165) is 37.0 Å². The van der Waals surface area contributed by atoms with E-state index in [0.29, 0.717) is 6.61 Å². The minimum atomic E-state index is -0.342. The summed E-state index contributed by atoms with van der Waals surface area (Å²) >= 11 is 0. The minimum absolute atomic E-state index is 0. The predicted molar refractivity (Wildman–Crippen MR) is 97.8 cm³/mol. The van der Waals surface area contributed by atoms with Crippen molar-refractivity contribution in [3.8, 4) is 5.75 Å². The number of ether oxygens (including phenoxy) is 1. The summed E-state index contributed by atoms with van der Waals surface area (Å²) in [6.45, 7) is 9.70. The molecular formula is C17H29BClNO3. The van der Waals surface area contributed by atoms with Crippen molar-refractivity contribution in [1.29, 1.82) is 0 Å². The van der Waals surface area contributed by atoms with E-state index in [-0.39, 0.29) is 30.7 Å². The van der Waals surface area contributed by atoms with Gasteiger partial charge in [-0.15, -0.1) is 12.4 Å². The van der Waals surface area contributed by atoms with Gasteiger partial charge in [-0.3, -0.25) is 0 Å². The van der Waals surface area contributed by atoms with Crippen molar-refractivity contribution < 1.29 is 14.0 Å². The molecule has 0 aromatic heterocycles. The Morgan fingerprint density at radius 1 is 1.04 bits per heavy atom. The lowest BCUT2D eigenvalue weighted by Crippen LogP contribution is -2.41. The normalized spacial score (nSPS) is 18.6. The molecule has 1 aliphatic rings. The standard InChI is InChI=1S/C17H28BNO3.ClH/c1-16(2)17(3,4)22-18(21-16)14-9-8-10-15(13-14)20-12-7-5-6-11-19;/h8-10,13H,5-7,11-12,19H2,1-4H3;1H. The molecule has 0 aliphatic carbocycles. The van der Waals surface area contributed by atoms with Gasteiger partial charge in [-0.2, -0.15) is 0 Å². The molecule has 2 N–H and O–H groups in total. The van der Waals surface area contributed by atoms with Gasteiger partial charge in [0.1, 0.15) is 5.75 Å². The number of hydrogen-bond donors (Lipinski definition) is 1. The third-order valence-corrected chi connectivity index (χ3v) is 4.50. The van der Waals surface area contributed by atoms with E-state index in [4.69, 9.17) is 19.8 Å². The number of nitrogens with two attached hydrogens (primary N) is 1. The van der Waals surface area contributed by atoms with Gasteiger partial charge in [0.25, 0.3) is 0 Å². The average Bonchev–Trinajstić information content (AvgIpc) is 2.68. The number of halogens is 1. The van der Waals surface area contributed by atoms with Crippen LogP contribution in [0.1, 0.15) is 47.0 Å². The fourth-order valence-electron chi connectivity index (χ4n) is 2.34. The van der Waals surface area contributed by atoms with Gasteiger partial charge >= 0.3 is 7.12 Å². The molecule has 4 nitrogen and oxygen atoms in total. The lowest BCUT2D eigenvalue weighted by molar-refractivity contribution is 0.00578. The maximum Gasteiger partial charge on any atom is 0.494 e. The van der Waals surface area contributed by atoms with Gasteiger partial charge in [0.15, 0.2) is 0 Å². The Balaban J connectivity index is 0.00000264. The van der Waals surface area contributed by atoms with Gasteiger partial charge < -0.3 is 19.8 Å². The highest BCUT2D eigenvalue weighted by Crippen LogP contribution is 2.36. The SMILES string of the molecule is CC1(C)OB(c2cccc(OCCCCCN)c2)OC1(C)C.Cl. The second kappa shape index (κ2) is 8.38. The molecule has 0 saturated carbocycles. The predicted octanol–water partition coefficient (Wildman–Crippen LogP) is 2.92. The summed E-state index contributed by atoms with van der Waals surface area (Å²) in [5, 5.41) is 0. The molecule has 0 unspecified atom stereocenters. The van der Waals surface area contributed by atoms with Crippen molar-refractivity contribution in [3.63, 3.8) is 0 Å². The quantitative estimate of drug-likeness (QED) is 0.612. The van der Waals surface area contributed by atoms with Crippen LogP contribution in [0.15, 0.2) is 24.3 Å². The maximum absolute atomic E-state index is 6.07. The summed E-state index contributed by atoms with van der Waals surface area (Å²) in [5.74, 6) is 0.861. The Bertz CT molecular complexity index is 480. The molecule has 2 rings (SSSR count). The van der Waals surface area contributed by atoms with E-state index < -0.39 is 0 Å². The van der Waals surface area contributed by atoms with E-state index in [1.54, 1.807) is 0 Å². The number of unbranched alkanes of at least 4 members (excludes halogenated alkanes) is 2. The molecule has 1 aromatic carbocycles. The molecule has 0 radical (unpaired) electrons. The fraction of sp³-hybridized carbons (Fsp3) is 0.647. The van der Waals surface area contributed by atoms with Crippen molar-refractivity contribution in [2.24, 2.45) is 5.73 Å². The van der Waals surface area contributed by atoms with Crippen molar-refractivity contribution in [2.45, 2.75) is 58.2 Å². The summed E-state index contributed by atoms with van der Waals surface area (Å²) in [6, 6.07) is 7.97.